The number of sulfonamides is 1. The molecular weight excluding hydrogens is 374 g/mol. The number of piperidine rings is 1. The minimum Gasteiger partial charge on any atom is -0.372 e. The van der Waals surface area contributed by atoms with E-state index in [9.17, 15) is 13.2 Å². The van der Waals surface area contributed by atoms with E-state index in [2.05, 4.69) is 10.2 Å². The van der Waals surface area contributed by atoms with Gasteiger partial charge in [-0.05, 0) is 62.6 Å². The van der Waals surface area contributed by atoms with Gasteiger partial charge in [-0.25, -0.2) is 8.42 Å². The topological polar surface area (TPSA) is 69.7 Å². The minimum absolute atomic E-state index is 0.375. The van der Waals surface area contributed by atoms with Gasteiger partial charge in [0, 0.05) is 24.5 Å². The van der Waals surface area contributed by atoms with Crippen LogP contribution < -0.4 is 14.5 Å². The van der Waals surface area contributed by atoms with Crippen molar-refractivity contribution in [2.75, 3.05) is 33.9 Å². The Hall–Kier alpha value is -2.54. The molecule has 1 fully saturated rings. The quantitative estimate of drug-likeness (QED) is 0.805. The van der Waals surface area contributed by atoms with Gasteiger partial charge >= 0.3 is 0 Å². The van der Waals surface area contributed by atoms with Gasteiger partial charge in [0.05, 0.1) is 11.9 Å². The van der Waals surface area contributed by atoms with E-state index in [1.807, 2.05) is 24.3 Å². The molecule has 0 aliphatic carbocycles. The van der Waals surface area contributed by atoms with Crippen LogP contribution in [-0.2, 0) is 14.8 Å². The summed E-state index contributed by atoms with van der Waals surface area (Å²) in [6.07, 6.45) is 4.80. The predicted molar refractivity (Wildman–Crippen MR) is 114 cm³/mol. The van der Waals surface area contributed by atoms with E-state index in [1.54, 1.807) is 37.3 Å². The molecule has 1 heterocycles. The zero-order valence-corrected chi connectivity index (χ0v) is 17.2. The lowest BCUT2D eigenvalue weighted by Gasteiger charge is -2.29. The van der Waals surface area contributed by atoms with Crippen LogP contribution in [0.2, 0.25) is 0 Å². The van der Waals surface area contributed by atoms with Crippen molar-refractivity contribution in [3.05, 3.63) is 54.6 Å². The second-order valence-corrected chi connectivity index (χ2v) is 9.01. The summed E-state index contributed by atoms with van der Waals surface area (Å²) in [5.74, 6) is -0.375. The third kappa shape index (κ3) is 4.84. The van der Waals surface area contributed by atoms with Gasteiger partial charge in [0.1, 0.15) is 6.04 Å². The number of anilines is 3. The van der Waals surface area contributed by atoms with Crippen LogP contribution in [0.3, 0.4) is 0 Å². The van der Waals surface area contributed by atoms with E-state index < -0.39 is 16.1 Å². The first-order chi connectivity index (χ1) is 13.4. The van der Waals surface area contributed by atoms with Crippen molar-refractivity contribution in [3.8, 4) is 0 Å². The van der Waals surface area contributed by atoms with Crippen molar-refractivity contribution in [1.29, 1.82) is 0 Å². The summed E-state index contributed by atoms with van der Waals surface area (Å²) >= 11 is 0. The summed E-state index contributed by atoms with van der Waals surface area (Å²) in [6, 6.07) is 15.5. The molecule has 28 heavy (non-hydrogen) atoms. The molecule has 150 valence electrons. The fraction of sp³-hybridized carbons (Fsp3) is 0.381. The van der Waals surface area contributed by atoms with Crippen LogP contribution in [0, 0.1) is 0 Å². The second-order valence-electron chi connectivity index (χ2n) is 7.15. The van der Waals surface area contributed by atoms with E-state index in [0.29, 0.717) is 11.4 Å². The monoisotopic (exact) mass is 401 g/mol. The predicted octanol–water partition coefficient (Wildman–Crippen LogP) is 3.47. The Morgan fingerprint density at radius 1 is 1.00 bits per heavy atom. The lowest BCUT2D eigenvalue weighted by Crippen LogP contribution is -2.45. The van der Waals surface area contributed by atoms with Gasteiger partial charge in [-0.2, -0.15) is 0 Å². The van der Waals surface area contributed by atoms with E-state index in [4.69, 9.17) is 0 Å². The maximum absolute atomic E-state index is 12.7. The number of hydrogen-bond acceptors (Lipinski definition) is 4. The molecule has 1 N–H and O–H groups in total. The van der Waals surface area contributed by atoms with Crippen LogP contribution in [0.25, 0.3) is 0 Å². The largest absolute Gasteiger partial charge is 0.372 e. The number of amides is 1. The summed E-state index contributed by atoms with van der Waals surface area (Å²) in [5, 5.41) is 2.83. The maximum atomic E-state index is 12.7. The molecule has 6 nitrogen and oxygen atoms in total. The first-order valence-electron chi connectivity index (χ1n) is 9.56. The van der Waals surface area contributed by atoms with Crippen molar-refractivity contribution in [3.63, 3.8) is 0 Å². The Kier molecular flexibility index (Phi) is 6.24. The van der Waals surface area contributed by atoms with Crippen molar-refractivity contribution in [2.45, 2.75) is 32.2 Å². The molecule has 1 saturated heterocycles. The van der Waals surface area contributed by atoms with Gasteiger partial charge in [-0.1, -0.05) is 18.2 Å². The van der Waals surface area contributed by atoms with E-state index in [1.165, 1.54) is 19.3 Å². The average Bonchev–Trinajstić information content (AvgIpc) is 2.69. The number of carbonyl (C=O) groups excluding carboxylic acids is 1. The molecule has 0 bridgehead atoms. The maximum Gasteiger partial charge on any atom is 0.247 e. The molecule has 0 radical (unpaired) electrons. The summed E-state index contributed by atoms with van der Waals surface area (Å²) in [5.41, 5.74) is 2.26. The third-order valence-electron chi connectivity index (χ3n) is 4.96. The number of hydrogen-bond donors (Lipinski definition) is 1. The molecule has 0 unspecified atom stereocenters. The SMILES string of the molecule is C[C@H](C(=O)Nc1ccc(N2CCCCC2)cc1)N(c1ccccc1)S(C)(=O)=O. The first kappa shape index (κ1) is 20.2. The summed E-state index contributed by atoms with van der Waals surface area (Å²) in [6.45, 7) is 3.71. The number of nitrogens with zero attached hydrogens (tertiary/aromatic N) is 2. The van der Waals surface area contributed by atoms with Crippen LogP contribution in [-0.4, -0.2) is 39.7 Å². The average molecular weight is 402 g/mol. The Balaban J connectivity index is 1.72. The Labute approximate surface area is 167 Å². The fourth-order valence-electron chi connectivity index (χ4n) is 3.54. The van der Waals surface area contributed by atoms with Crippen molar-refractivity contribution in [1.82, 2.24) is 0 Å². The lowest BCUT2D eigenvalue weighted by molar-refractivity contribution is -0.116. The molecule has 0 saturated carbocycles. The van der Waals surface area contributed by atoms with Gasteiger partial charge in [-0.3, -0.25) is 9.10 Å². The highest BCUT2D eigenvalue weighted by Gasteiger charge is 2.29. The molecule has 2 aromatic carbocycles. The highest BCUT2D eigenvalue weighted by Crippen LogP contribution is 2.23. The van der Waals surface area contributed by atoms with Crippen LogP contribution >= 0.6 is 0 Å². The normalized spacial score (nSPS) is 15.7. The highest BCUT2D eigenvalue weighted by atomic mass is 32.2. The highest BCUT2D eigenvalue weighted by molar-refractivity contribution is 7.92. The summed E-state index contributed by atoms with van der Waals surface area (Å²) in [7, 11) is -3.61. The van der Waals surface area contributed by atoms with Gasteiger partial charge < -0.3 is 10.2 Å². The number of nitrogens with one attached hydrogen (secondary N) is 1. The van der Waals surface area contributed by atoms with Crippen LogP contribution in [0.15, 0.2) is 54.6 Å². The lowest BCUT2D eigenvalue weighted by atomic mass is 10.1. The van der Waals surface area contributed by atoms with Gasteiger partial charge in [0.25, 0.3) is 0 Å². The molecule has 1 atom stereocenters. The molecule has 7 heteroatoms. The fourth-order valence-corrected chi connectivity index (χ4v) is 4.71. The smallest absolute Gasteiger partial charge is 0.247 e. The molecule has 2 aromatic rings. The molecule has 0 spiro atoms. The third-order valence-corrected chi connectivity index (χ3v) is 6.20. The standard InChI is InChI=1S/C21H27N3O3S/c1-17(24(28(2,26)27)20-9-5-3-6-10-20)21(25)22-18-11-13-19(14-12-18)23-15-7-4-8-16-23/h3,5-6,9-14,17H,4,7-8,15-16H2,1-2H3,(H,22,25)/t17-/m1/s1. The molecule has 1 amide bonds. The Morgan fingerprint density at radius 2 is 1.61 bits per heavy atom. The van der Waals surface area contributed by atoms with E-state index >= 15 is 0 Å². The number of benzene rings is 2. The Bertz CT molecular complexity index is 892. The molecular formula is C21H27N3O3S. The first-order valence-corrected chi connectivity index (χ1v) is 11.4. The van der Waals surface area contributed by atoms with Gasteiger partial charge in [0.15, 0.2) is 0 Å². The van der Waals surface area contributed by atoms with Crippen molar-refractivity contribution in [2.24, 2.45) is 0 Å². The molecule has 3 rings (SSSR count). The zero-order chi connectivity index (χ0) is 20.1. The van der Waals surface area contributed by atoms with Crippen molar-refractivity contribution >= 4 is 33.0 Å². The van der Waals surface area contributed by atoms with E-state index in [-0.39, 0.29) is 5.91 Å². The number of carbonyl (C=O) groups is 1. The van der Waals surface area contributed by atoms with Crippen molar-refractivity contribution < 1.29 is 13.2 Å². The minimum atomic E-state index is -3.61. The number of para-hydroxylation sites is 1. The molecule has 1 aliphatic rings. The molecule has 1 aliphatic heterocycles. The summed E-state index contributed by atoms with van der Waals surface area (Å²) < 4.78 is 25.7. The second kappa shape index (κ2) is 8.65. The number of rotatable bonds is 6. The van der Waals surface area contributed by atoms with Crippen LogP contribution in [0.4, 0.5) is 17.1 Å². The van der Waals surface area contributed by atoms with E-state index in [0.717, 1.165) is 29.3 Å². The van der Waals surface area contributed by atoms with Crippen LogP contribution in [0.5, 0.6) is 0 Å². The summed E-state index contributed by atoms with van der Waals surface area (Å²) in [4.78, 5) is 15.1. The molecule has 0 aromatic heterocycles. The van der Waals surface area contributed by atoms with Crippen LogP contribution in [0.1, 0.15) is 26.2 Å². The van der Waals surface area contributed by atoms with Gasteiger partial charge in [-0.15, -0.1) is 0 Å². The van der Waals surface area contributed by atoms with Gasteiger partial charge in [0.2, 0.25) is 15.9 Å². The zero-order valence-electron chi connectivity index (χ0n) is 16.3. The Morgan fingerprint density at radius 3 is 2.18 bits per heavy atom.